The predicted octanol–water partition coefficient (Wildman–Crippen LogP) is 1.84. The van der Waals surface area contributed by atoms with E-state index in [4.69, 9.17) is 21.1 Å². The van der Waals surface area contributed by atoms with E-state index in [1.54, 1.807) is 0 Å². The first-order valence-corrected chi connectivity index (χ1v) is 8.55. The molecule has 23 heavy (non-hydrogen) atoms. The van der Waals surface area contributed by atoms with Crippen molar-refractivity contribution in [1.29, 1.82) is 0 Å². The largest absolute Gasteiger partial charge is 0.381 e. The highest BCUT2D eigenvalue weighted by Crippen LogP contribution is 2.15. The van der Waals surface area contributed by atoms with Crippen molar-refractivity contribution in [2.45, 2.75) is 31.5 Å². The number of ether oxygens (including phenoxy) is 2. The molecule has 6 heteroatoms. The molecule has 0 aliphatic carbocycles. The van der Waals surface area contributed by atoms with E-state index in [1.807, 2.05) is 18.2 Å². The van der Waals surface area contributed by atoms with E-state index in [0.29, 0.717) is 13.2 Å². The lowest BCUT2D eigenvalue weighted by molar-refractivity contribution is -0.140. The second-order valence-corrected chi connectivity index (χ2v) is 6.56. The van der Waals surface area contributed by atoms with E-state index in [9.17, 15) is 4.79 Å². The zero-order valence-corrected chi connectivity index (χ0v) is 13.9. The molecule has 1 N–H and O–H groups in total. The molecule has 2 saturated heterocycles. The lowest BCUT2D eigenvalue weighted by Crippen LogP contribution is -2.52. The summed E-state index contributed by atoms with van der Waals surface area (Å²) in [6.45, 7) is 4.24. The van der Waals surface area contributed by atoms with Crippen LogP contribution in [0.1, 0.15) is 18.4 Å². The standard InChI is InChI=1S/C17H23ClN2O3/c18-14-3-1-2-13(10-14)11-20-6-9-23-16(12-20)17(21)19-15-4-7-22-8-5-15/h1-3,10,15-16H,4-9,11-12H2,(H,19,21). The summed E-state index contributed by atoms with van der Waals surface area (Å²) in [5.41, 5.74) is 1.16. The first-order chi connectivity index (χ1) is 11.2. The van der Waals surface area contributed by atoms with Crippen LogP contribution in [0.15, 0.2) is 24.3 Å². The van der Waals surface area contributed by atoms with Gasteiger partial charge in [0.2, 0.25) is 0 Å². The van der Waals surface area contributed by atoms with Gasteiger partial charge in [-0.05, 0) is 30.5 Å². The molecule has 1 atom stereocenters. The molecule has 0 saturated carbocycles. The predicted molar refractivity (Wildman–Crippen MR) is 88.5 cm³/mol. The maximum Gasteiger partial charge on any atom is 0.250 e. The van der Waals surface area contributed by atoms with Crippen molar-refractivity contribution in [3.63, 3.8) is 0 Å². The van der Waals surface area contributed by atoms with Crippen LogP contribution in [-0.2, 0) is 20.8 Å². The number of hydrogen-bond donors (Lipinski definition) is 1. The molecule has 2 aliphatic heterocycles. The molecule has 0 aromatic heterocycles. The molecule has 3 rings (SSSR count). The van der Waals surface area contributed by atoms with Crippen LogP contribution < -0.4 is 5.32 Å². The molecule has 1 amide bonds. The first-order valence-electron chi connectivity index (χ1n) is 8.17. The number of nitrogens with zero attached hydrogens (tertiary/aromatic N) is 1. The number of morpholine rings is 1. The Labute approximate surface area is 141 Å². The highest BCUT2D eigenvalue weighted by molar-refractivity contribution is 6.30. The van der Waals surface area contributed by atoms with Gasteiger partial charge in [-0.15, -0.1) is 0 Å². The van der Waals surface area contributed by atoms with Crippen LogP contribution in [-0.4, -0.2) is 55.9 Å². The smallest absolute Gasteiger partial charge is 0.250 e. The topological polar surface area (TPSA) is 50.8 Å². The van der Waals surface area contributed by atoms with Crippen LogP contribution in [0.25, 0.3) is 0 Å². The number of hydrogen-bond acceptors (Lipinski definition) is 4. The van der Waals surface area contributed by atoms with Gasteiger partial charge in [-0.1, -0.05) is 23.7 Å². The van der Waals surface area contributed by atoms with Gasteiger partial charge in [0.25, 0.3) is 5.91 Å². The third-order valence-electron chi connectivity index (χ3n) is 4.31. The normalized spacial score (nSPS) is 23.6. The number of halogens is 1. The Morgan fingerprint density at radius 1 is 1.30 bits per heavy atom. The second-order valence-electron chi connectivity index (χ2n) is 6.12. The van der Waals surface area contributed by atoms with Crippen molar-refractivity contribution in [1.82, 2.24) is 10.2 Å². The van der Waals surface area contributed by atoms with E-state index in [-0.39, 0.29) is 11.9 Å². The molecule has 2 heterocycles. The molecule has 2 fully saturated rings. The quantitative estimate of drug-likeness (QED) is 0.910. The van der Waals surface area contributed by atoms with Gasteiger partial charge in [0.15, 0.2) is 0 Å². The number of nitrogens with one attached hydrogen (secondary N) is 1. The molecule has 2 aliphatic rings. The molecular weight excluding hydrogens is 316 g/mol. The molecule has 1 aromatic carbocycles. The molecule has 0 radical (unpaired) electrons. The highest BCUT2D eigenvalue weighted by Gasteiger charge is 2.28. The summed E-state index contributed by atoms with van der Waals surface area (Å²) in [5, 5.41) is 3.83. The van der Waals surface area contributed by atoms with Crippen LogP contribution in [0.5, 0.6) is 0 Å². The maximum absolute atomic E-state index is 12.4. The molecule has 1 aromatic rings. The van der Waals surface area contributed by atoms with Crippen LogP contribution in [0, 0.1) is 0 Å². The van der Waals surface area contributed by atoms with Crippen molar-refractivity contribution >= 4 is 17.5 Å². The molecular formula is C17H23ClN2O3. The van der Waals surface area contributed by atoms with E-state index in [2.05, 4.69) is 16.3 Å². The fourth-order valence-electron chi connectivity index (χ4n) is 3.03. The Kier molecular flexibility index (Phi) is 5.89. The van der Waals surface area contributed by atoms with Gasteiger partial charge in [-0.25, -0.2) is 0 Å². The molecule has 126 valence electrons. The third kappa shape index (κ3) is 4.91. The van der Waals surface area contributed by atoms with Crippen molar-refractivity contribution < 1.29 is 14.3 Å². The molecule has 1 unspecified atom stereocenters. The zero-order valence-electron chi connectivity index (χ0n) is 13.2. The van der Waals surface area contributed by atoms with E-state index >= 15 is 0 Å². The summed E-state index contributed by atoms with van der Waals surface area (Å²) in [5.74, 6) is -0.00676. The van der Waals surface area contributed by atoms with Gasteiger partial charge in [0.05, 0.1) is 6.61 Å². The number of benzene rings is 1. The number of amides is 1. The monoisotopic (exact) mass is 338 g/mol. The van der Waals surface area contributed by atoms with Gasteiger partial charge >= 0.3 is 0 Å². The van der Waals surface area contributed by atoms with Gasteiger partial charge in [0, 0.05) is 43.9 Å². The lowest BCUT2D eigenvalue weighted by Gasteiger charge is -2.33. The van der Waals surface area contributed by atoms with Crippen molar-refractivity contribution in [3.8, 4) is 0 Å². The Balaban J connectivity index is 1.52. The number of carbonyl (C=O) groups excluding carboxylic acids is 1. The summed E-state index contributed by atoms with van der Waals surface area (Å²) in [6, 6.07) is 8.05. The Morgan fingerprint density at radius 2 is 2.13 bits per heavy atom. The fraction of sp³-hybridized carbons (Fsp3) is 0.588. The van der Waals surface area contributed by atoms with Gasteiger partial charge in [0.1, 0.15) is 6.10 Å². The van der Waals surface area contributed by atoms with Crippen molar-refractivity contribution in [3.05, 3.63) is 34.9 Å². The Hall–Kier alpha value is -1.14. The third-order valence-corrected chi connectivity index (χ3v) is 4.54. The summed E-state index contributed by atoms with van der Waals surface area (Å²) >= 11 is 6.03. The molecule has 0 spiro atoms. The average molecular weight is 339 g/mol. The molecule has 0 bridgehead atoms. The van der Waals surface area contributed by atoms with Gasteiger partial charge in [-0.3, -0.25) is 9.69 Å². The van der Waals surface area contributed by atoms with Crippen LogP contribution >= 0.6 is 11.6 Å². The van der Waals surface area contributed by atoms with E-state index in [0.717, 1.165) is 49.7 Å². The summed E-state index contributed by atoms with van der Waals surface area (Å²) in [6.07, 6.45) is 1.36. The maximum atomic E-state index is 12.4. The highest BCUT2D eigenvalue weighted by atomic mass is 35.5. The molecule has 5 nitrogen and oxygen atoms in total. The average Bonchev–Trinajstić information content (AvgIpc) is 2.56. The summed E-state index contributed by atoms with van der Waals surface area (Å²) in [7, 11) is 0. The first kappa shape index (κ1) is 16.7. The minimum Gasteiger partial charge on any atom is -0.381 e. The Bertz CT molecular complexity index is 534. The van der Waals surface area contributed by atoms with Crippen LogP contribution in [0.4, 0.5) is 0 Å². The fourth-order valence-corrected chi connectivity index (χ4v) is 3.25. The van der Waals surface area contributed by atoms with Gasteiger partial charge < -0.3 is 14.8 Å². The van der Waals surface area contributed by atoms with E-state index in [1.165, 1.54) is 0 Å². The lowest BCUT2D eigenvalue weighted by atomic mass is 10.1. The number of carbonyl (C=O) groups is 1. The van der Waals surface area contributed by atoms with E-state index < -0.39 is 6.10 Å². The summed E-state index contributed by atoms with van der Waals surface area (Å²) < 4.78 is 11.0. The van der Waals surface area contributed by atoms with Crippen molar-refractivity contribution in [2.75, 3.05) is 32.9 Å². The van der Waals surface area contributed by atoms with Gasteiger partial charge in [-0.2, -0.15) is 0 Å². The van der Waals surface area contributed by atoms with Crippen LogP contribution in [0.3, 0.4) is 0 Å². The Morgan fingerprint density at radius 3 is 2.91 bits per heavy atom. The van der Waals surface area contributed by atoms with Crippen LogP contribution in [0.2, 0.25) is 5.02 Å². The number of rotatable bonds is 4. The minimum atomic E-state index is -0.397. The zero-order chi connectivity index (χ0) is 16.1. The van der Waals surface area contributed by atoms with Crippen molar-refractivity contribution in [2.24, 2.45) is 0 Å². The summed E-state index contributed by atoms with van der Waals surface area (Å²) in [4.78, 5) is 14.6. The second kappa shape index (κ2) is 8.11. The SMILES string of the molecule is O=C(NC1CCOCC1)C1CN(Cc2cccc(Cl)c2)CCO1. The minimum absolute atomic E-state index is 0.00676.